The molecule has 3 nitrogen and oxygen atoms in total. The maximum absolute atomic E-state index is 10.9. The Morgan fingerprint density at radius 2 is 2.31 bits per heavy atom. The number of primary amides is 1. The highest BCUT2D eigenvalue weighted by Crippen LogP contribution is 2.21. The molecule has 0 bridgehead atoms. The second kappa shape index (κ2) is 2.94. The van der Waals surface area contributed by atoms with Crippen molar-refractivity contribution in [3.63, 3.8) is 0 Å². The summed E-state index contributed by atoms with van der Waals surface area (Å²) in [5.74, 6) is -0.390. The van der Waals surface area contributed by atoms with E-state index >= 15 is 0 Å². The van der Waals surface area contributed by atoms with Crippen LogP contribution in [0.25, 0.3) is 6.08 Å². The predicted octanol–water partition coefficient (Wildman–Crippen LogP) is 1.22. The maximum atomic E-state index is 10.9. The average molecular weight is 174 g/mol. The Labute approximate surface area is 76.2 Å². The molecule has 0 atom stereocenters. The molecule has 0 saturated carbocycles. The summed E-state index contributed by atoms with van der Waals surface area (Å²) in [5, 5.41) is 3.16. The monoisotopic (exact) mass is 174 g/mol. The Balaban J connectivity index is 2.48. The van der Waals surface area contributed by atoms with Gasteiger partial charge in [0.2, 0.25) is 5.91 Å². The van der Waals surface area contributed by atoms with Gasteiger partial charge in [0.1, 0.15) is 0 Å². The summed E-state index contributed by atoms with van der Waals surface area (Å²) in [5.41, 5.74) is 7.77. The fraction of sp³-hybridized carbons (Fsp3) is 0.100. The van der Waals surface area contributed by atoms with Gasteiger partial charge in [-0.05, 0) is 17.7 Å². The van der Waals surface area contributed by atoms with Crippen LogP contribution in [0.2, 0.25) is 0 Å². The lowest BCUT2D eigenvalue weighted by Crippen LogP contribution is -2.12. The van der Waals surface area contributed by atoms with Crippen LogP contribution in [0.5, 0.6) is 0 Å². The van der Waals surface area contributed by atoms with E-state index in [0.29, 0.717) is 5.56 Å². The number of amides is 1. The van der Waals surface area contributed by atoms with E-state index in [1.807, 2.05) is 18.2 Å². The molecule has 3 N–H and O–H groups in total. The van der Waals surface area contributed by atoms with Crippen molar-refractivity contribution in [2.75, 3.05) is 11.9 Å². The van der Waals surface area contributed by atoms with E-state index in [1.54, 1.807) is 12.1 Å². The summed E-state index contributed by atoms with van der Waals surface area (Å²) in [4.78, 5) is 10.9. The van der Waals surface area contributed by atoms with E-state index in [-0.39, 0.29) is 5.91 Å². The van der Waals surface area contributed by atoms with Gasteiger partial charge in [-0.25, -0.2) is 0 Å². The minimum absolute atomic E-state index is 0.390. The van der Waals surface area contributed by atoms with Crippen molar-refractivity contribution >= 4 is 17.7 Å². The molecule has 1 aromatic carbocycles. The number of rotatable bonds is 1. The van der Waals surface area contributed by atoms with Gasteiger partial charge in [-0.2, -0.15) is 0 Å². The molecule has 13 heavy (non-hydrogen) atoms. The lowest BCUT2D eigenvalue weighted by atomic mass is 10.1. The molecule has 1 aromatic rings. The zero-order valence-electron chi connectivity index (χ0n) is 7.08. The van der Waals surface area contributed by atoms with Crippen LogP contribution >= 0.6 is 0 Å². The van der Waals surface area contributed by atoms with Gasteiger partial charge in [0.25, 0.3) is 0 Å². The fourth-order valence-corrected chi connectivity index (χ4v) is 1.36. The summed E-state index contributed by atoms with van der Waals surface area (Å²) in [6.45, 7) is 0.801. The van der Waals surface area contributed by atoms with Gasteiger partial charge in [0.05, 0.1) is 0 Å². The van der Waals surface area contributed by atoms with Gasteiger partial charge < -0.3 is 11.1 Å². The number of carbonyl (C=O) groups excluding carboxylic acids is 1. The van der Waals surface area contributed by atoms with E-state index in [4.69, 9.17) is 5.73 Å². The van der Waals surface area contributed by atoms with Crippen molar-refractivity contribution in [1.29, 1.82) is 0 Å². The van der Waals surface area contributed by atoms with Crippen LogP contribution in [0.3, 0.4) is 0 Å². The standard InChI is InChI=1S/C10H10N2O/c11-10(13)8-4-3-7-2-1-5-12-9(7)6-8/h1-4,6,12H,5H2,(H2,11,13). The SMILES string of the molecule is NC(=O)c1ccc2c(c1)NCC=C2. The highest BCUT2D eigenvalue weighted by Gasteiger charge is 2.06. The highest BCUT2D eigenvalue weighted by atomic mass is 16.1. The highest BCUT2D eigenvalue weighted by molar-refractivity contribution is 5.94. The molecule has 0 fully saturated rings. The second-order valence-electron chi connectivity index (χ2n) is 2.95. The molecule has 0 radical (unpaired) electrons. The Morgan fingerprint density at radius 1 is 1.46 bits per heavy atom. The summed E-state index contributed by atoms with van der Waals surface area (Å²) in [7, 11) is 0. The topological polar surface area (TPSA) is 55.1 Å². The van der Waals surface area contributed by atoms with Crippen LogP contribution in [-0.4, -0.2) is 12.5 Å². The summed E-state index contributed by atoms with van der Waals surface area (Å²) >= 11 is 0. The minimum atomic E-state index is -0.390. The molecule has 66 valence electrons. The van der Waals surface area contributed by atoms with Gasteiger partial charge in [0, 0.05) is 17.8 Å². The van der Waals surface area contributed by atoms with Crippen LogP contribution in [0, 0.1) is 0 Å². The maximum Gasteiger partial charge on any atom is 0.248 e. The first-order valence-corrected chi connectivity index (χ1v) is 4.11. The Hall–Kier alpha value is -1.77. The van der Waals surface area contributed by atoms with Crippen LogP contribution in [0.4, 0.5) is 5.69 Å². The third kappa shape index (κ3) is 1.40. The van der Waals surface area contributed by atoms with E-state index in [0.717, 1.165) is 17.8 Å². The number of nitrogens with two attached hydrogens (primary N) is 1. The molecule has 0 spiro atoms. The number of nitrogens with one attached hydrogen (secondary N) is 1. The minimum Gasteiger partial charge on any atom is -0.381 e. The van der Waals surface area contributed by atoms with Crippen LogP contribution < -0.4 is 11.1 Å². The zero-order chi connectivity index (χ0) is 9.26. The number of hydrogen-bond acceptors (Lipinski definition) is 2. The van der Waals surface area contributed by atoms with Crippen LogP contribution in [-0.2, 0) is 0 Å². The zero-order valence-corrected chi connectivity index (χ0v) is 7.08. The third-order valence-corrected chi connectivity index (χ3v) is 2.05. The first-order chi connectivity index (χ1) is 6.27. The first-order valence-electron chi connectivity index (χ1n) is 4.11. The van der Waals surface area contributed by atoms with Crippen molar-refractivity contribution in [3.8, 4) is 0 Å². The average Bonchev–Trinajstić information content (AvgIpc) is 2.17. The number of carbonyl (C=O) groups is 1. The molecule has 1 amide bonds. The van der Waals surface area contributed by atoms with Crippen LogP contribution in [0.1, 0.15) is 15.9 Å². The molecule has 1 aliphatic heterocycles. The summed E-state index contributed by atoms with van der Waals surface area (Å²) < 4.78 is 0. The van der Waals surface area contributed by atoms with E-state index in [2.05, 4.69) is 5.32 Å². The summed E-state index contributed by atoms with van der Waals surface area (Å²) in [6.07, 6.45) is 4.06. The van der Waals surface area contributed by atoms with Crippen molar-refractivity contribution in [1.82, 2.24) is 0 Å². The van der Waals surface area contributed by atoms with Gasteiger partial charge in [0.15, 0.2) is 0 Å². The van der Waals surface area contributed by atoms with Crippen molar-refractivity contribution in [2.45, 2.75) is 0 Å². The molecular weight excluding hydrogens is 164 g/mol. The number of benzene rings is 1. The van der Waals surface area contributed by atoms with E-state index in [1.165, 1.54) is 0 Å². The van der Waals surface area contributed by atoms with Gasteiger partial charge >= 0.3 is 0 Å². The second-order valence-corrected chi connectivity index (χ2v) is 2.95. The van der Waals surface area contributed by atoms with E-state index < -0.39 is 0 Å². The third-order valence-electron chi connectivity index (χ3n) is 2.05. The van der Waals surface area contributed by atoms with Crippen molar-refractivity contribution in [2.24, 2.45) is 5.73 Å². The molecule has 0 unspecified atom stereocenters. The lowest BCUT2D eigenvalue weighted by molar-refractivity contribution is 0.100. The molecule has 0 aromatic heterocycles. The van der Waals surface area contributed by atoms with E-state index in [9.17, 15) is 4.79 Å². The molecule has 0 aliphatic carbocycles. The predicted molar refractivity (Wildman–Crippen MR) is 52.5 cm³/mol. The molecule has 1 heterocycles. The number of fused-ring (bicyclic) bond motifs is 1. The molecule has 0 saturated heterocycles. The van der Waals surface area contributed by atoms with Gasteiger partial charge in [-0.1, -0.05) is 18.2 Å². The quantitative estimate of drug-likeness (QED) is 0.672. The molecule has 1 aliphatic rings. The van der Waals surface area contributed by atoms with Crippen molar-refractivity contribution in [3.05, 3.63) is 35.4 Å². The van der Waals surface area contributed by atoms with Crippen LogP contribution in [0.15, 0.2) is 24.3 Å². The first kappa shape index (κ1) is 7.86. The largest absolute Gasteiger partial charge is 0.381 e. The smallest absolute Gasteiger partial charge is 0.248 e. The number of hydrogen-bond donors (Lipinski definition) is 2. The number of anilines is 1. The van der Waals surface area contributed by atoms with Gasteiger partial charge in [-0.3, -0.25) is 4.79 Å². The molecule has 3 heteroatoms. The Kier molecular flexibility index (Phi) is 1.77. The molecular formula is C10H10N2O. The summed E-state index contributed by atoms with van der Waals surface area (Å²) in [6, 6.07) is 5.40. The van der Waals surface area contributed by atoms with Crippen molar-refractivity contribution < 1.29 is 4.79 Å². The Morgan fingerprint density at radius 3 is 3.08 bits per heavy atom. The normalized spacial score (nSPS) is 13.2. The molecule has 2 rings (SSSR count). The fourth-order valence-electron chi connectivity index (χ4n) is 1.36. The lowest BCUT2D eigenvalue weighted by Gasteiger charge is -2.13. The van der Waals surface area contributed by atoms with Gasteiger partial charge in [-0.15, -0.1) is 0 Å². The Bertz CT molecular complexity index is 383.